The first-order valence-electron chi connectivity index (χ1n) is 7.40. The van der Waals surface area contributed by atoms with Crippen LogP contribution in [0.4, 0.5) is 13.2 Å². The fraction of sp³-hybridized carbons (Fsp3) is 0.118. The molecule has 26 heavy (non-hydrogen) atoms. The molecule has 0 atom stereocenters. The second-order valence-corrected chi connectivity index (χ2v) is 6.35. The summed E-state index contributed by atoms with van der Waals surface area (Å²) in [6, 6.07) is 8.88. The third-order valence-electron chi connectivity index (χ3n) is 3.56. The molecule has 0 fully saturated rings. The first kappa shape index (κ1) is 18.0. The Balaban J connectivity index is 1.98. The van der Waals surface area contributed by atoms with E-state index in [1.807, 2.05) is 0 Å². The Morgan fingerprint density at radius 2 is 1.38 bits per heavy atom. The summed E-state index contributed by atoms with van der Waals surface area (Å²) in [4.78, 5) is 11.9. The van der Waals surface area contributed by atoms with E-state index >= 15 is 0 Å². The highest BCUT2D eigenvalue weighted by Gasteiger charge is 2.32. The van der Waals surface area contributed by atoms with Gasteiger partial charge in [-0.2, -0.15) is 13.2 Å². The highest BCUT2D eigenvalue weighted by atomic mass is 32.2. The van der Waals surface area contributed by atoms with E-state index < -0.39 is 22.6 Å². The summed E-state index contributed by atoms with van der Waals surface area (Å²) in [5.41, 5.74) is 1.56. The molecule has 3 aromatic rings. The number of benzene rings is 1. The number of halogens is 3. The Morgan fingerprint density at radius 1 is 0.808 bits per heavy atom. The topological polar surface area (TPSA) is 72.8 Å². The van der Waals surface area contributed by atoms with Crippen LogP contribution < -0.4 is 0 Å². The van der Waals surface area contributed by atoms with Crippen molar-refractivity contribution in [1.29, 1.82) is 0 Å². The van der Waals surface area contributed by atoms with Gasteiger partial charge in [-0.05, 0) is 17.7 Å². The molecule has 0 bridgehead atoms. The van der Waals surface area contributed by atoms with Crippen LogP contribution in [0.15, 0.2) is 55.0 Å². The van der Waals surface area contributed by atoms with Crippen LogP contribution in [0.25, 0.3) is 22.5 Å². The maximum Gasteiger partial charge on any atom is 0.433 e. The maximum atomic E-state index is 12.7. The third-order valence-corrected chi connectivity index (χ3v) is 4.19. The van der Waals surface area contributed by atoms with Crippen LogP contribution >= 0.6 is 0 Å². The number of alkyl halides is 3. The molecule has 0 saturated carbocycles. The van der Waals surface area contributed by atoms with Gasteiger partial charge in [-0.3, -0.25) is 15.0 Å². The number of thiol groups is 1. The van der Waals surface area contributed by atoms with Crippen LogP contribution in [0, 0.1) is 0 Å². The number of hydrogen-bond donors (Lipinski definition) is 1. The highest BCUT2D eigenvalue weighted by molar-refractivity contribution is 7.71. The highest BCUT2D eigenvalue weighted by Crippen LogP contribution is 2.31. The van der Waals surface area contributed by atoms with Gasteiger partial charge >= 0.3 is 6.18 Å². The SMILES string of the molecule is O=[SH](=O)Cc1ccc(-c2nccnc2-c2ccc(C(F)(F)F)nc2)cc1. The average molecular weight is 379 g/mol. The van der Waals surface area contributed by atoms with Crippen LogP contribution in [0.3, 0.4) is 0 Å². The summed E-state index contributed by atoms with van der Waals surface area (Å²) < 4.78 is 59.6. The van der Waals surface area contributed by atoms with E-state index in [0.29, 0.717) is 28.1 Å². The Bertz CT molecular complexity index is 977. The fourth-order valence-corrected chi connectivity index (χ4v) is 2.89. The predicted molar refractivity (Wildman–Crippen MR) is 89.7 cm³/mol. The summed E-state index contributed by atoms with van der Waals surface area (Å²) in [7, 11) is -2.52. The van der Waals surface area contributed by atoms with E-state index in [-0.39, 0.29) is 5.75 Å². The van der Waals surface area contributed by atoms with Crippen LogP contribution in [-0.2, 0) is 22.6 Å². The molecule has 0 aliphatic heterocycles. The largest absolute Gasteiger partial charge is 0.433 e. The number of rotatable bonds is 4. The van der Waals surface area contributed by atoms with Gasteiger partial charge in [0.25, 0.3) is 0 Å². The molecule has 0 aliphatic rings. The lowest BCUT2D eigenvalue weighted by Crippen LogP contribution is -2.07. The Morgan fingerprint density at radius 3 is 1.88 bits per heavy atom. The number of hydrogen-bond acceptors (Lipinski definition) is 5. The fourth-order valence-electron chi connectivity index (χ4n) is 2.38. The number of pyridine rings is 1. The van der Waals surface area contributed by atoms with Crippen LogP contribution in [-0.4, -0.2) is 23.4 Å². The molecule has 0 spiro atoms. The maximum absolute atomic E-state index is 12.7. The molecule has 3 rings (SSSR count). The van der Waals surface area contributed by atoms with E-state index in [0.717, 1.165) is 12.3 Å². The summed E-state index contributed by atoms with van der Waals surface area (Å²) in [6.07, 6.45) is -0.499. The average Bonchev–Trinajstić information content (AvgIpc) is 2.61. The van der Waals surface area contributed by atoms with Gasteiger partial charge in [0.15, 0.2) is 0 Å². The third kappa shape index (κ3) is 4.05. The molecule has 5 nitrogen and oxygen atoms in total. The van der Waals surface area contributed by atoms with E-state index in [1.54, 1.807) is 24.3 Å². The number of nitrogens with zero attached hydrogens (tertiary/aromatic N) is 3. The van der Waals surface area contributed by atoms with Crippen LogP contribution in [0.5, 0.6) is 0 Å². The van der Waals surface area contributed by atoms with Gasteiger partial charge in [0.05, 0.1) is 17.1 Å². The summed E-state index contributed by atoms with van der Waals surface area (Å²) in [5, 5.41) is 0. The van der Waals surface area contributed by atoms with Gasteiger partial charge in [-0.25, -0.2) is 8.42 Å². The normalized spacial score (nSPS) is 11.7. The smallest absolute Gasteiger partial charge is 0.252 e. The van der Waals surface area contributed by atoms with Crippen molar-refractivity contribution in [3.63, 3.8) is 0 Å². The van der Waals surface area contributed by atoms with E-state index in [9.17, 15) is 21.6 Å². The van der Waals surface area contributed by atoms with Crippen molar-refractivity contribution in [3.8, 4) is 22.5 Å². The van der Waals surface area contributed by atoms with Gasteiger partial charge in [-0.15, -0.1) is 0 Å². The van der Waals surface area contributed by atoms with Crippen molar-refractivity contribution in [1.82, 2.24) is 15.0 Å². The first-order chi connectivity index (χ1) is 12.3. The molecule has 0 unspecified atom stereocenters. The second-order valence-electron chi connectivity index (χ2n) is 5.37. The zero-order chi connectivity index (χ0) is 18.7. The van der Waals surface area contributed by atoms with Crippen molar-refractivity contribution in [2.24, 2.45) is 0 Å². The standard InChI is InChI=1S/C17H12F3N3O2S/c18-17(19,20)14-6-5-13(9-23-14)16-15(21-7-8-22-16)12-3-1-11(2-4-12)10-26(24)25/h1-9,26H,10H2. The van der Waals surface area contributed by atoms with Gasteiger partial charge in [0.1, 0.15) is 16.4 Å². The Hall–Kier alpha value is -2.81. The quantitative estimate of drug-likeness (QED) is 0.704. The molecule has 2 heterocycles. The lowest BCUT2D eigenvalue weighted by atomic mass is 10.0. The van der Waals surface area contributed by atoms with Crippen molar-refractivity contribution < 1.29 is 21.6 Å². The second kappa shape index (κ2) is 7.20. The summed E-state index contributed by atoms with van der Waals surface area (Å²) >= 11 is 0. The van der Waals surface area contributed by atoms with E-state index in [2.05, 4.69) is 15.0 Å². The number of aromatic nitrogens is 3. The monoisotopic (exact) mass is 379 g/mol. The van der Waals surface area contributed by atoms with Crippen LogP contribution in [0.2, 0.25) is 0 Å². The van der Waals surface area contributed by atoms with Crippen molar-refractivity contribution in [2.45, 2.75) is 11.9 Å². The molecule has 0 amide bonds. The van der Waals surface area contributed by atoms with Crippen molar-refractivity contribution in [3.05, 3.63) is 66.2 Å². The molecule has 0 saturated heterocycles. The molecule has 134 valence electrons. The lowest BCUT2D eigenvalue weighted by Gasteiger charge is -2.10. The molecular formula is C17H12F3N3O2S. The van der Waals surface area contributed by atoms with E-state index in [4.69, 9.17) is 0 Å². The molecule has 0 N–H and O–H groups in total. The Labute approximate surface area is 148 Å². The van der Waals surface area contributed by atoms with Gasteiger partial charge in [-0.1, -0.05) is 24.3 Å². The van der Waals surface area contributed by atoms with Gasteiger partial charge < -0.3 is 0 Å². The van der Waals surface area contributed by atoms with Crippen molar-refractivity contribution in [2.75, 3.05) is 0 Å². The summed E-state index contributed by atoms with van der Waals surface area (Å²) in [5.74, 6) is -0.0637. The van der Waals surface area contributed by atoms with Gasteiger partial charge in [0.2, 0.25) is 0 Å². The minimum Gasteiger partial charge on any atom is -0.252 e. The predicted octanol–water partition coefficient (Wildman–Crippen LogP) is 3.34. The Kier molecular flexibility index (Phi) is 4.99. The van der Waals surface area contributed by atoms with E-state index in [1.165, 1.54) is 18.5 Å². The molecule has 1 aromatic carbocycles. The zero-order valence-corrected chi connectivity index (χ0v) is 14.0. The molecule has 0 radical (unpaired) electrons. The molecule has 0 aliphatic carbocycles. The lowest BCUT2D eigenvalue weighted by molar-refractivity contribution is -0.141. The molecule has 2 aromatic heterocycles. The molecule has 9 heteroatoms. The summed E-state index contributed by atoms with van der Waals surface area (Å²) in [6.45, 7) is 0. The minimum absolute atomic E-state index is 0.0637. The minimum atomic E-state index is -4.51. The molecular weight excluding hydrogens is 367 g/mol. The first-order valence-corrected chi connectivity index (χ1v) is 8.76. The zero-order valence-electron chi connectivity index (χ0n) is 13.1. The van der Waals surface area contributed by atoms with Crippen LogP contribution in [0.1, 0.15) is 11.3 Å². The van der Waals surface area contributed by atoms with Gasteiger partial charge in [0, 0.05) is 29.7 Å². The van der Waals surface area contributed by atoms with Crippen molar-refractivity contribution >= 4 is 10.7 Å².